The molecule has 2 heterocycles. The third-order valence-electron chi connectivity index (χ3n) is 5.21. The second kappa shape index (κ2) is 4.61. The molecule has 4 unspecified atom stereocenters. The highest BCUT2D eigenvalue weighted by atomic mass is 19.4. The Morgan fingerprint density at radius 2 is 1.57 bits per heavy atom. The molecule has 1 amide bonds. The summed E-state index contributed by atoms with van der Waals surface area (Å²) in [6.07, 6.45) is -2.38. The molecular weight excluding hydrogens is 281 g/mol. The van der Waals surface area contributed by atoms with E-state index >= 15 is 0 Å². The van der Waals surface area contributed by atoms with Crippen LogP contribution >= 0.6 is 0 Å². The number of piperazine rings is 1. The molecule has 0 N–H and O–H groups in total. The van der Waals surface area contributed by atoms with Gasteiger partial charge in [-0.3, -0.25) is 9.69 Å². The Balaban J connectivity index is 1.68. The van der Waals surface area contributed by atoms with E-state index in [2.05, 4.69) is 25.7 Å². The van der Waals surface area contributed by atoms with Crippen LogP contribution in [-0.2, 0) is 4.79 Å². The van der Waals surface area contributed by atoms with Gasteiger partial charge in [0.1, 0.15) is 0 Å². The fraction of sp³-hybridized carbons (Fsp3) is 0.933. The molecule has 2 saturated heterocycles. The van der Waals surface area contributed by atoms with Gasteiger partial charge < -0.3 is 4.90 Å². The number of carbonyl (C=O) groups is 1. The van der Waals surface area contributed by atoms with Crippen molar-refractivity contribution in [2.24, 2.45) is 11.8 Å². The van der Waals surface area contributed by atoms with E-state index in [9.17, 15) is 18.0 Å². The summed E-state index contributed by atoms with van der Waals surface area (Å²) in [5.74, 6) is -2.46. The smallest absolute Gasteiger partial charge is 0.334 e. The Labute approximate surface area is 123 Å². The minimum absolute atomic E-state index is 0.0126. The average molecular weight is 304 g/mol. The van der Waals surface area contributed by atoms with E-state index in [4.69, 9.17) is 0 Å². The normalized spacial score (nSPS) is 37.0. The van der Waals surface area contributed by atoms with Gasteiger partial charge in [0.05, 0.1) is 11.8 Å². The molecule has 1 saturated carbocycles. The first-order chi connectivity index (χ1) is 9.59. The molecule has 0 aromatic carbocycles. The second-order valence-corrected chi connectivity index (χ2v) is 7.70. The van der Waals surface area contributed by atoms with Crippen LogP contribution in [0.1, 0.15) is 40.0 Å². The largest absolute Gasteiger partial charge is 0.392 e. The summed E-state index contributed by atoms with van der Waals surface area (Å²) in [4.78, 5) is 16.6. The molecule has 4 atom stereocenters. The Hall–Kier alpha value is -0.780. The first-order valence-corrected chi connectivity index (χ1v) is 7.73. The highest BCUT2D eigenvalue weighted by Crippen LogP contribution is 2.52. The predicted octanol–water partition coefficient (Wildman–Crippen LogP) is 2.66. The molecule has 2 bridgehead atoms. The molecule has 3 fully saturated rings. The lowest BCUT2D eigenvalue weighted by Crippen LogP contribution is -2.60. The molecule has 3 rings (SSSR count). The van der Waals surface area contributed by atoms with Crippen molar-refractivity contribution in [1.82, 2.24) is 9.80 Å². The maximum absolute atomic E-state index is 12.7. The Bertz CT molecular complexity index is 429. The van der Waals surface area contributed by atoms with Gasteiger partial charge in [-0.05, 0) is 40.0 Å². The molecule has 0 aromatic rings. The number of halogens is 3. The molecule has 6 heteroatoms. The number of fused-ring (bicyclic) bond motifs is 2. The molecular formula is C15H23F3N2O. The standard InChI is InChI=1S/C15H23F3N2O/c1-14(2,3)19-7-9-4-5-10(8-19)20(9)13(21)11-6-12(11)15(16,17)18/h9-12H,4-8H2,1-3H3. The molecule has 3 aliphatic rings. The maximum atomic E-state index is 12.7. The van der Waals surface area contributed by atoms with Crippen molar-refractivity contribution in [2.45, 2.75) is 63.8 Å². The Kier molecular flexibility index (Phi) is 3.32. The fourth-order valence-corrected chi connectivity index (χ4v) is 3.83. The molecule has 0 aromatic heterocycles. The van der Waals surface area contributed by atoms with Gasteiger partial charge in [0, 0.05) is 30.7 Å². The van der Waals surface area contributed by atoms with Gasteiger partial charge in [0.15, 0.2) is 0 Å². The second-order valence-electron chi connectivity index (χ2n) is 7.70. The summed E-state index contributed by atoms with van der Waals surface area (Å²) in [7, 11) is 0. The summed E-state index contributed by atoms with van der Waals surface area (Å²) < 4.78 is 38.0. The molecule has 120 valence electrons. The van der Waals surface area contributed by atoms with E-state index in [0.717, 1.165) is 25.9 Å². The lowest BCUT2D eigenvalue weighted by molar-refractivity contribution is -0.160. The van der Waals surface area contributed by atoms with Crippen LogP contribution < -0.4 is 0 Å². The number of amides is 1. The van der Waals surface area contributed by atoms with E-state index in [0.29, 0.717) is 0 Å². The number of likely N-dealkylation sites (tertiary alicyclic amines) is 1. The number of rotatable bonds is 1. The first-order valence-electron chi connectivity index (χ1n) is 7.73. The monoisotopic (exact) mass is 304 g/mol. The summed E-state index contributed by atoms with van der Waals surface area (Å²) in [6.45, 7) is 8.00. The summed E-state index contributed by atoms with van der Waals surface area (Å²) in [5.41, 5.74) is 0.0457. The van der Waals surface area contributed by atoms with Crippen molar-refractivity contribution in [3.63, 3.8) is 0 Å². The molecule has 0 spiro atoms. The van der Waals surface area contributed by atoms with Crippen LogP contribution in [0.5, 0.6) is 0 Å². The zero-order valence-corrected chi connectivity index (χ0v) is 12.8. The van der Waals surface area contributed by atoms with Gasteiger partial charge >= 0.3 is 6.18 Å². The highest BCUT2D eigenvalue weighted by Gasteiger charge is 2.61. The van der Waals surface area contributed by atoms with Crippen molar-refractivity contribution in [2.75, 3.05) is 13.1 Å². The van der Waals surface area contributed by atoms with Gasteiger partial charge in [-0.15, -0.1) is 0 Å². The van der Waals surface area contributed by atoms with Crippen molar-refractivity contribution < 1.29 is 18.0 Å². The lowest BCUT2D eigenvalue weighted by atomic mass is 10.0. The van der Waals surface area contributed by atoms with Crippen LogP contribution in [-0.4, -0.2) is 52.6 Å². The van der Waals surface area contributed by atoms with Crippen molar-refractivity contribution >= 4 is 5.91 Å². The van der Waals surface area contributed by atoms with Crippen molar-refractivity contribution in [1.29, 1.82) is 0 Å². The van der Waals surface area contributed by atoms with Gasteiger partial charge in [-0.1, -0.05) is 0 Å². The number of carbonyl (C=O) groups excluding carboxylic acids is 1. The lowest BCUT2D eigenvalue weighted by Gasteiger charge is -2.46. The van der Waals surface area contributed by atoms with Crippen molar-refractivity contribution in [3.8, 4) is 0 Å². The van der Waals surface area contributed by atoms with E-state index in [1.165, 1.54) is 0 Å². The molecule has 21 heavy (non-hydrogen) atoms. The van der Waals surface area contributed by atoms with E-state index < -0.39 is 18.0 Å². The Morgan fingerprint density at radius 3 is 1.95 bits per heavy atom. The predicted molar refractivity (Wildman–Crippen MR) is 72.6 cm³/mol. The zero-order chi connectivity index (χ0) is 15.6. The Morgan fingerprint density at radius 1 is 1.05 bits per heavy atom. The molecule has 0 radical (unpaired) electrons. The van der Waals surface area contributed by atoms with Gasteiger partial charge in [-0.25, -0.2) is 0 Å². The van der Waals surface area contributed by atoms with Gasteiger partial charge in [0.25, 0.3) is 0 Å². The zero-order valence-electron chi connectivity index (χ0n) is 12.8. The van der Waals surface area contributed by atoms with E-state index in [1.807, 2.05) is 0 Å². The third kappa shape index (κ3) is 2.67. The molecule has 1 aliphatic carbocycles. The fourth-order valence-electron chi connectivity index (χ4n) is 3.83. The topological polar surface area (TPSA) is 23.6 Å². The maximum Gasteiger partial charge on any atom is 0.392 e. The minimum atomic E-state index is -4.22. The van der Waals surface area contributed by atoms with Crippen molar-refractivity contribution in [3.05, 3.63) is 0 Å². The van der Waals surface area contributed by atoms with Crippen LogP contribution in [0.2, 0.25) is 0 Å². The first kappa shape index (κ1) is 15.1. The van der Waals surface area contributed by atoms with Crippen LogP contribution in [0.15, 0.2) is 0 Å². The van der Waals surface area contributed by atoms with Crippen LogP contribution in [0.25, 0.3) is 0 Å². The molecule has 2 aliphatic heterocycles. The highest BCUT2D eigenvalue weighted by molar-refractivity contribution is 5.83. The van der Waals surface area contributed by atoms with Gasteiger partial charge in [-0.2, -0.15) is 13.2 Å². The summed E-state index contributed by atoms with van der Waals surface area (Å²) in [6, 6.07) is 0.204. The number of hydrogen-bond donors (Lipinski definition) is 0. The minimum Gasteiger partial charge on any atom is -0.334 e. The van der Waals surface area contributed by atoms with E-state index in [-0.39, 0.29) is 30.0 Å². The number of alkyl halides is 3. The van der Waals surface area contributed by atoms with Crippen LogP contribution in [0, 0.1) is 11.8 Å². The summed E-state index contributed by atoms with van der Waals surface area (Å²) in [5, 5.41) is 0. The average Bonchev–Trinajstić information content (AvgIpc) is 3.08. The van der Waals surface area contributed by atoms with E-state index in [1.54, 1.807) is 4.90 Å². The van der Waals surface area contributed by atoms with Crippen LogP contribution in [0.3, 0.4) is 0 Å². The number of hydrogen-bond acceptors (Lipinski definition) is 2. The van der Waals surface area contributed by atoms with Gasteiger partial charge in [0.2, 0.25) is 5.91 Å². The summed E-state index contributed by atoms with van der Waals surface area (Å²) >= 11 is 0. The number of nitrogens with zero attached hydrogens (tertiary/aromatic N) is 2. The molecule has 3 nitrogen and oxygen atoms in total. The SMILES string of the molecule is CC(C)(C)N1CC2CCC(C1)N2C(=O)C1CC1C(F)(F)F. The quantitative estimate of drug-likeness (QED) is 0.743. The third-order valence-corrected chi connectivity index (χ3v) is 5.21. The van der Waals surface area contributed by atoms with Crippen LogP contribution in [0.4, 0.5) is 13.2 Å².